The molecule has 1 unspecified atom stereocenters. The minimum atomic E-state index is -0.769. The summed E-state index contributed by atoms with van der Waals surface area (Å²) in [6, 6.07) is 1.35. The van der Waals surface area contributed by atoms with Gasteiger partial charge >= 0.3 is 5.69 Å². The van der Waals surface area contributed by atoms with Crippen LogP contribution in [0.15, 0.2) is 6.07 Å². The molecule has 1 amide bonds. The van der Waals surface area contributed by atoms with Crippen molar-refractivity contribution in [1.82, 2.24) is 5.32 Å². The summed E-state index contributed by atoms with van der Waals surface area (Å²) in [5.74, 6) is -0.185. The third-order valence-corrected chi connectivity index (χ3v) is 4.03. The summed E-state index contributed by atoms with van der Waals surface area (Å²) in [6.07, 6.45) is 0.0654. The zero-order valence-corrected chi connectivity index (χ0v) is 12.6. The molecule has 1 heterocycles. The van der Waals surface area contributed by atoms with Gasteiger partial charge in [0.05, 0.1) is 17.6 Å². The molecule has 0 radical (unpaired) electrons. The molecule has 2 N–H and O–H groups in total. The first-order valence-electron chi connectivity index (χ1n) is 6.30. The standard InChI is InChI=1S/C12H19N3O4S/c1-4-5-13-11(17)7-14(3)12-9(15(18)19)6-10(20-12)8(2)16/h6,8,16H,4-5,7H2,1-3H3,(H,13,17). The minimum absolute atomic E-state index is 0.0423. The van der Waals surface area contributed by atoms with Crippen LogP contribution < -0.4 is 10.2 Å². The monoisotopic (exact) mass is 301 g/mol. The number of nitrogens with zero attached hydrogens (tertiary/aromatic N) is 2. The van der Waals surface area contributed by atoms with Crippen LogP contribution in [0.3, 0.4) is 0 Å². The number of carbonyl (C=O) groups excluding carboxylic acids is 1. The van der Waals surface area contributed by atoms with Gasteiger partial charge < -0.3 is 15.3 Å². The van der Waals surface area contributed by atoms with Gasteiger partial charge in [-0.2, -0.15) is 0 Å². The number of hydrogen-bond donors (Lipinski definition) is 2. The van der Waals surface area contributed by atoms with Crippen LogP contribution in [0.2, 0.25) is 0 Å². The van der Waals surface area contributed by atoms with E-state index in [1.807, 2.05) is 6.92 Å². The number of hydrogen-bond acceptors (Lipinski definition) is 6. The second-order valence-electron chi connectivity index (χ2n) is 4.48. The average Bonchev–Trinajstić information content (AvgIpc) is 2.81. The third-order valence-electron chi connectivity index (χ3n) is 2.62. The summed E-state index contributed by atoms with van der Waals surface area (Å²) in [6.45, 7) is 4.12. The molecule has 0 saturated heterocycles. The second-order valence-corrected chi connectivity index (χ2v) is 5.54. The number of rotatable bonds is 7. The maximum absolute atomic E-state index is 11.6. The van der Waals surface area contributed by atoms with Gasteiger partial charge in [0.2, 0.25) is 5.91 Å². The van der Waals surface area contributed by atoms with Gasteiger partial charge in [0, 0.05) is 24.5 Å². The first-order chi connectivity index (χ1) is 9.36. The highest BCUT2D eigenvalue weighted by Gasteiger charge is 2.24. The van der Waals surface area contributed by atoms with E-state index in [2.05, 4.69) is 5.32 Å². The predicted molar refractivity (Wildman–Crippen MR) is 78.2 cm³/mol. The second kappa shape index (κ2) is 7.20. The lowest BCUT2D eigenvalue weighted by molar-refractivity contribution is -0.383. The topological polar surface area (TPSA) is 95.7 Å². The molecule has 1 aromatic rings. The van der Waals surface area contributed by atoms with Crippen LogP contribution in [0.1, 0.15) is 31.2 Å². The Bertz CT molecular complexity index is 487. The number of nitrogens with one attached hydrogen (secondary N) is 1. The van der Waals surface area contributed by atoms with Crippen LogP contribution in [0.4, 0.5) is 10.7 Å². The largest absolute Gasteiger partial charge is 0.388 e. The molecule has 0 spiro atoms. The highest BCUT2D eigenvalue weighted by molar-refractivity contribution is 7.16. The minimum Gasteiger partial charge on any atom is -0.388 e. The molecule has 0 saturated carbocycles. The van der Waals surface area contributed by atoms with E-state index in [-0.39, 0.29) is 18.1 Å². The highest BCUT2D eigenvalue weighted by atomic mass is 32.1. The van der Waals surface area contributed by atoms with Crippen LogP contribution in [-0.2, 0) is 4.79 Å². The van der Waals surface area contributed by atoms with Crippen LogP contribution in [0.5, 0.6) is 0 Å². The smallest absolute Gasteiger partial charge is 0.304 e. The normalized spacial score (nSPS) is 12.0. The number of nitro groups is 1. The van der Waals surface area contributed by atoms with Gasteiger partial charge in [-0.3, -0.25) is 14.9 Å². The van der Waals surface area contributed by atoms with Crippen molar-refractivity contribution in [3.05, 3.63) is 21.1 Å². The van der Waals surface area contributed by atoms with E-state index in [9.17, 15) is 20.0 Å². The average molecular weight is 301 g/mol. The Morgan fingerprint density at radius 1 is 1.65 bits per heavy atom. The van der Waals surface area contributed by atoms with Crippen molar-refractivity contribution in [1.29, 1.82) is 0 Å². The number of thiophene rings is 1. The van der Waals surface area contributed by atoms with E-state index in [1.165, 1.54) is 11.0 Å². The zero-order valence-electron chi connectivity index (χ0n) is 11.8. The van der Waals surface area contributed by atoms with Gasteiger partial charge in [0.1, 0.15) is 0 Å². The van der Waals surface area contributed by atoms with Crippen molar-refractivity contribution in [3.8, 4) is 0 Å². The van der Waals surface area contributed by atoms with Gasteiger partial charge in [-0.1, -0.05) is 6.92 Å². The Hall–Kier alpha value is -1.67. The number of amides is 1. The number of likely N-dealkylation sites (N-methyl/N-ethyl adjacent to an activating group) is 1. The summed E-state index contributed by atoms with van der Waals surface area (Å²) >= 11 is 1.12. The molecule has 20 heavy (non-hydrogen) atoms. The molecule has 1 atom stereocenters. The van der Waals surface area contributed by atoms with Crippen molar-refractivity contribution in [2.45, 2.75) is 26.4 Å². The fraction of sp³-hybridized carbons (Fsp3) is 0.583. The lowest BCUT2D eigenvalue weighted by atomic mass is 10.3. The molecule has 0 fully saturated rings. The van der Waals surface area contributed by atoms with Gasteiger partial charge in [-0.15, -0.1) is 11.3 Å². The Morgan fingerprint density at radius 2 is 2.30 bits per heavy atom. The van der Waals surface area contributed by atoms with E-state index >= 15 is 0 Å². The van der Waals surface area contributed by atoms with E-state index in [1.54, 1.807) is 14.0 Å². The summed E-state index contributed by atoms with van der Waals surface area (Å²) in [7, 11) is 1.62. The molecular weight excluding hydrogens is 282 g/mol. The predicted octanol–water partition coefficient (Wildman–Crippen LogP) is 1.67. The molecule has 1 rings (SSSR count). The maximum Gasteiger partial charge on any atom is 0.304 e. The van der Waals surface area contributed by atoms with E-state index in [0.717, 1.165) is 17.8 Å². The number of aliphatic hydroxyl groups excluding tert-OH is 1. The van der Waals surface area contributed by atoms with Gasteiger partial charge in [-0.25, -0.2) is 0 Å². The van der Waals surface area contributed by atoms with E-state index in [0.29, 0.717) is 16.4 Å². The molecule has 8 heteroatoms. The Labute approximate surface area is 121 Å². The summed E-state index contributed by atoms with van der Waals surface area (Å²) in [4.78, 5) is 24.2. The molecule has 0 bridgehead atoms. The zero-order chi connectivity index (χ0) is 15.3. The van der Waals surface area contributed by atoms with Gasteiger partial charge in [0.15, 0.2) is 5.00 Å². The lowest BCUT2D eigenvalue weighted by Gasteiger charge is -2.16. The first-order valence-corrected chi connectivity index (χ1v) is 7.12. The van der Waals surface area contributed by atoms with Crippen molar-refractivity contribution in [2.75, 3.05) is 25.0 Å². The van der Waals surface area contributed by atoms with Crippen molar-refractivity contribution < 1.29 is 14.8 Å². The molecule has 112 valence electrons. The highest BCUT2D eigenvalue weighted by Crippen LogP contribution is 2.39. The van der Waals surface area contributed by atoms with Crippen LogP contribution in [0, 0.1) is 10.1 Å². The summed E-state index contributed by atoms with van der Waals surface area (Å²) < 4.78 is 0. The summed E-state index contributed by atoms with van der Waals surface area (Å²) in [5, 5.41) is 23.6. The fourth-order valence-corrected chi connectivity index (χ4v) is 2.63. The Balaban J connectivity index is 2.88. The SMILES string of the molecule is CCCNC(=O)CN(C)c1sc(C(C)O)cc1[N+](=O)[O-]. The van der Waals surface area contributed by atoms with Crippen molar-refractivity contribution in [3.63, 3.8) is 0 Å². The first kappa shape index (κ1) is 16.4. The molecule has 7 nitrogen and oxygen atoms in total. The Kier molecular flexibility index (Phi) is 5.90. The van der Waals surface area contributed by atoms with Gasteiger partial charge in [0.25, 0.3) is 0 Å². The number of anilines is 1. The molecule has 1 aromatic heterocycles. The third kappa shape index (κ3) is 4.17. The van der Waals surface area contributed by atoms with Crippen LogP contribution >= 0.6 is 11.3 Å². The quantitative estimate of drug-likeness (QED) is 0.590. The van der Waals surface area contributed by atoms with Crippen LogP contribution in [0.25, 0.3) is 0 Å². The molecule has 0 aliphatic carbocycles. The van der Waals surface area contributed by atoms with Gasteiger partial charge in [-0.05, 0) is 13.3 Å². The Morgan fingerprint density at radius 3 is 2.80 bits per heavy atom. The summed E-state index contributed by atoms with van der Waals surface area (Å²) in [5.41, 5.74) is -0.0864. The molecular formula is C12H19N3O4S. The molecule has 0 aliphatic heterocycles. The van der Waals surface area contributed by atoms with Crippen LogP contribution in [-0.4, -0.2) is 36.1 Å². The van der Waals surface area contributed by atoms with E-state index < -0.39 is 11.0 Å². The number of carbonyl (C=O) groups is 1. The molecule has 0 aliphatic rings. The maximum atomic E-state index is 11.6. The van der Waals surface area contributed by atoms with Crippen molar-refractivity contribution in [2.24, 2.45) is 0 Å². The lowest BCUT2D eigenvalue weighted by Crippen LogP contribution is -2.35. The number of aliphatic hydroxyl groups is 1. The van der Waals surface area contributed by atoms with Crippen molar-refractivity contribution >= 4 is 27.9 Å². The fourth-order valence-electron chi connectivity index (χ4n) is 1.61. The van der Waals surface area contributed by atoms with E-state index in [4.69, 9.17) is 0 Å². The molecule has 0 aromatic carbocycles.